The normalized spacial score (nSPS) is 10.9. The number of nitrogens with two attached hydrogens (primary N) is 1. The topological polar surface area (TPSA) is 135 Å². The Labute approximate surface area is 213 Å². The number of benzene rings is 2. The molecule has 0 fully saturated rings. The van der Waals surface area contributed by atoms with Crippen molar-refractivity contribution < 1.29 is 9.53 Å². The molecule has 0 bridgehead atoms. The first-order chi connectivity index (χ1) is 17.8. The number of amides is 1. The van der Waals surface area contributed by atoms with Gasteiger partial charge in [-0.3, -0.25) is 9.78 Å². The highest BCUT2D eigenvalue weighted by molar-refractivity contribution is 5.93. The van der Waals surface area contributed by atoms with Gasteiger partial charge in [-0.15, -0.1) is 0 Å². The van der Waals surface area contributed by atoms with Crippen LogP contribution >= 0.6 is 0 Å². The Kier molecular flexibility index (Phi) is 6.14. The number of hydrogen-bond donors (Lipinski definition) is 3. The van der Waals surface area contributed by atoms with Crippen LogP contribution in [-0.4, -0.2) is 49.8 Å². The van der Waals surface area contributed by atoms with E-state index in [1.54, 1.807) is 44.8 Å². The molecule has 4 N–H and O–H groups in total. The Bertz CT molecular complexity index is 1570. The van der Waals surface area contributed by atoms with Gasteiger partial charge in [0.15, 0.2) is 5.65 Å². The highest BCUT2D eigenvalue weighted by Gasteiger charge is 2.17. The van der Waals surface area contributed by atoms with Gasteiger partial charge in [-0.25, -0.2) is 4.98 Å². The molecule has 0 atom stereocenters. The van der Waals surface area contributed by atoms with Crippen LogP contribution in [0.3, 0.4) is 0 Å². The molecule has 3 aromatic heterocycles. The number of nitrogens with zero attached hydrogens (tertiary/aromatic N) is 5. The molecule has 5 rings (SSSR count). The lowest BCUT2D eigenvalue weighted by Crippen LogP contribution is -2.21. The summed E-state index contributed by atoms with van der Waals surface area (Å²) in [5, 5.41) is 3.17. The maximum Gasteiger partial charge on any atom is 0.254 e. The average Bonchev–Trinajstić information content (AvgIpc) is 3.36. The van der Waals surface area contributed by atoms with E-state index in [0.29, 0.717) is 40.0 Å². The minimum absolute atomic E-state index is 0.0876. The summed E-state index contributed by atoms with van der Waals surface area (Å²) in [7, 11) is 3.43. The molecule has 2 aromatic carbocycles. The van der Waals surface area contributed by atoms with Crippen molar-refractivity contribution in [2.24, 2.45) is 0 Å². The number of pyridine rings is 1. The number of aromatic amines is 1. The van der Waals surface area contributed by atoms with Crippen molar-refractivity contribution in [3.8, 4) is 22.9 Å². The Hall–Kier alpha value is -4.99. The third-order valence-electron chi connectivity index (χ3n) is 5.79. The molecule has 0 aliphatic carbocycles. The number of carbonyl (C=O) groups excluding carboxylic acids is 1. The second-order valence-corrected chi connectivity index (χ2v) is 8.87. The number of H-pyrrole nitrogens is 1. The van der Waals surface area contributed by atoms with Crippen LogP contribution in [0.15, 0.2) is 61.1 Å². The average molecular weight is 495 g/mol. The number of aromatic nitrogens is 5. The highest BCUT2D eigenvalue weighted by Crippen LogP contribution is 2.34. The molecule has 5 aromatic rings. The summed E-state index contributed by atoms with van der Waals surface area (Å²) in [6, 6.07) is 14.9. The van der Waals surface area contributed by atoms with Crippen LogP contribution in [0.25, 0.3) is 22.4 Å². The molecular formula is C27H26N8O2. The maximum atomic E-state index is 12.2. The number of rotatable bonds is 6. The van der Waals surface area contributed by atoms with Crippen molar-refractivity contribution in [1.29, 1.82) is 0 Å². The smallest absolute Gasteiger partial charge is 0.254 e. The zero-order chi connectivity index (χ0) is 26.1. The van der Waals surface area contributed by atoms with E-state index < -0.39 is 0 Å². The third-order valence-corrected chi connectivity index (χ3v) is 5.79. The molecule has 1 amide bonds. The Morgan fingerprint density at radius 1 is 1.00 bits per heavy atom. The van der Waals surface area contributed by atoms with Gasteiger partial charge in [-0.2, -0.15) is 9.97 Å². The molecule has 37 heavy (non-hydrogen) atoms. The molecule has 0 radical (unpaired) electrons. The van der Waals surface area contributed by atoms with E-state index in [4.69, 9.17) is 10.5 Å². The Balaban J connectivity index is 1.45. The van der Waals surface area contributed by atoms with Gasteiger partial charge in [-0.05, 0) is 73.5 Å². The molecule has 0 saturated heterocycles. The van der Waals surface area contributed by atoms with Crippen molar-refractivity contribution in [1.82, 2.24) is 29.8 Å². The van der Waals surface area contributed by atoms with Gasteiger partial charge in [0.1, 0.15) is 11.3 Å². The predicted molar refractivity (Wildman–Crippen MR) is 143 cm³/mol. The van der Waals surface area contributed by atoms with Gasteiger partial charge in [0.2, 0.25) is 5.95 Å². The summed E-state index contributed by atoms with van der Waals surface area (Å²) >= 11 is 0. The molecule has 0 aliphatic heterocycles. The van der Waals surface area contributed by atoms with Gasteiger partial charge < -0.3 is 25.7 Å². The molecule has 10 heteroatoms. The second-order valence-electron chi connectivity index (χ2n) is 8.87. The van der Waals surface area contributed by atoms with E-state index in [-0.39, 0.29) is 5.91 Å². The molecule has 10 nitrogen and oxygen atoms in total. The van der Waals surface area contributed by atoms with E-state index in [2.05, 4.69) is 30.2 Å². The summed E-state index contributed by atoms with van der Waals surface area (Å²) in [6.07, 6.45) is 3.15. The summed E-state index contributed by atoms with van der Waals surface area (Å²) in [4.78, 5) is 34.6. The lowest BCUT2D eigenvalue weighted by molar-refractivity contribution is 0.0827. The van der Waals surface area contributed by atoms with E-state index in [1.165, 1.54) is 4.90 Å². The van der Waals surface area contributed by atoms with Gasteiger partial charge in [-0.1, -0.05) is 0 Å². The van der Waals surface area contributed by atoms with E-state index in [1.807, 2.05) is 44.2 Å². The number of nitrogens with one attached hydrogen (secondary N) is 2. The quantitative estimate of drug-likeness (QED) is 0.285. The fraction of sp³-hybridized carbons (Fsp3) is 0.148. The van der Waals surface area contributed by atoms with Crippen molar-refractivity contribution in [3.63, 3.8) is 0 Å². The van der Waals surface area contributed by atoms with Crippen LogP contribution < -0.4 is 15.8 Å². The molecule has 0 unspecified atom stereocenters. The summed E-state index contributed by atoms with van der Waals surface area (Å²) in [5.74, 6) is 1.29. The molecule has 0 spiro atoms. The summed E-state index contributed by atoms with van der Waals surface area (Å²) in [6.45, 7) is 3.93. The fourth-order valence-corrected chi connectivity index (χ4v) is 3.94. The first-order valence-corrected chi connectivity index (χ1v) is 11.6. The van der Waals surface area contributed by atoms with Crippen LogP contribution in [0, 0.1) is 13.8 Å². The number of nitrogen functional groups attached to an aromatic ring is 1. The minimum Gasteiger partial charge on any atom is -0.436 e. The van der Waals surface area contributed by atoms with Crippen LogP contribution in [0.5, 0.6) is 11.6 Å². The number of ether oxygens (including phenoxy) is 1. The van der Waals surface area contributed by atoms with E-state index in [9.17, 15) is 4.79 Å². The van der Waals surface area contributed by atoms with Crippen LogP contribution in [0.2, 0.25) is 0 Å². The Morgan fingerprint density at radius 2 is 1.73 bits per heavy atom. The molecule has 186 valence electrons. The maximum absolute atomic E-state index is 12.2. The zero-order valence-electron chi connectivity index (χ0n) is 20.9. The number of hydrogen-bond acceptors (Lipinski definition) is 8. The van der Waals surface area contributed by atoms with Crippen molar-refractivity contribution in [2.45, 2.75) is 13.8 Å². The lowest BCUT2D eigenvalue weighted by atomic mass is 10.0. The number of fused-ring (bicyclic) bond motifs is 1. The summed E-state index contributed by atoms with van der Waals surface area (Å²) in [5.41, 5.74) is 12.4. The largest absolute Gasteiger partial charge is 0.436 e. The monoisotopic (exact) mass is 494 g/mol. The van der Waals surface area contributed by atoms with Crippen molar-refractivity contribution in [3.05, 3.63) is 77.7 Å². The lowest BCUT2D eigenvalue weighted by Gasteiger charge is -2.15. The molecule has 0 saturated carbocycles. The number of carbonyl (C=O) groups is 1. The highest BCUT2D eigenvalue weighted by atomic mass is 16.5. The number of aryl methyl sites for hydroxylation is 2. The van der Waals surface area contributed by atoms with Crippen molar-refractivity contribution in [2.75, 3.05) is 25.1 Å². The van der Waals surface area contributed by atoms with E-state index >= 15 is 0 Å². The van der Waals surface area contributed by atoms with Gasteiger partial charge in [0, 0.05) is 37.2 Å². The van der Waals surface area contributed by atoms with Crippen LogP contribution in [0.4, 0.5) is 17.3 Å². The van der Waals surface area contributed by atoms with Crippen LogP contribution in [-0.2, 0) is 0 Å². The number of anilines is 3. The first-order valence-electron chi connectivity index (χ1n) is 11.6. The second kappa shape index (κ2) is 9.57. The zero-order valence-corrected chi connectivity index (χ0v) is 20.9. The minimum atomic E-state index is -0.0876. The molecular weight excluding hydrogens is 468 g/mol. The standard InChI is InChI=1S/C27H26N8O2/c1-15-11-18(21-10-5-17(13-29-21)26(36)35(3)4)12-16(2)23(15)37-25-22-24(31-14-30-22)33-27(34-25)32-20-8-6-19(28)7-9-20/h5-14H,28H2,1-4H3,(H2,30,31,32,33,34). The molecule has 0 aliphatic rings. The van der Waals surface area contributed by atoms with E-state index in [0.717, 1.165) is 28.1 Å². The van der Waals surface area contributed by atoms with Gasteiger partial charge >= 0.3 is 0 Å². The third kappa shape index (κ3) is 4.90. The fourth-order valence-electron chi connectivity index (χ4n) is 3.94. The first kappa shape index (κ1) is 23.7. The number of imidazole rings is 1. The predicted octanol–water partition coefficient (Wildman–Crippen LogP) is 4.85. The van der Waals surface area contributed by atoms with Crippen molar-refractivity contribution >= 4 is 34.4 Å². The Morgan fingerprint density at radius 3 is 2.38 bits per heavy atom. The SMILES string of the molecule is Cc1cc(-c2ccc(C(=O)N(C)C)cn2)cc(C)c1Oc1nc(Nc2ccc(N)cc2)nc2nc[nH]c12. The molecule has 3 heterocycles. The summed E-state index contributed by atoms with van der Waals surface area (Å²) < 4.78 is 6.32. The van der Waals surface area contributed by atoms with Crippen LogP contribution in [0.1, 0.15) is 21.5 Å². The van der Waals surface area contributed by atoms with Gasteiger partial charge in [0.25, 0.3) is 11.8 Å². The van der Waals surface area contributed by atoms with Gasteiger partial charge in [0.05, 0.1) is 17.6 Å².